The second kappa shape index (κ2) is 6.82. The third-order valence-electron chi connectivity index (χ3n) is 2.46. The van der Waals surface area contributed by atoms with Gasteiger partial charge < -0.3 is 9.80 Å². The molecule has 1 rings (SSSR count). The van der Waals surface area contributed by atoms with Crippen LogP contribution in [0.25, 0.3) is 0 Å². The predicted molar refractivity (Wildman–Crippen MR) is 70.4 cm³/mol. The maximum absolute atomic E-state index is 11.8. The smallest absolute Gasteiger partial charge is 0.241 e. The topological polar surface area (TPSA) is 60.2 Å². The van der Waals surface area contributed by atoms with Crippen LogP contribution < -0.4 is 4.90 Å². The molecule has 0 aromatic carbocycles. The van der Waals surface area contributed by atoms with Gasteiger partial charge in [0, 0.05) is 26.8 Å². The predicted octanol–water partition coefficient (Wildman–Crippen LogP) is 1.54. The maximum atomic E-state index is 11.8. The minimum atomic E-state index is -0.0514. The molecule has 0 aliphatic carbocycles. The molecule has 1 amide bonds. The lowest BCUT2D eigenvalue weighted by Crippen LogP contribution is -2.37. The molecule has 0 saturated heterocycles. The first-order valence-electron chi connectivity index (χ1n) is 5.48. The first-order valence-corrected chi connectivity index (χ1v) is 5.86. The van der Waals surface area contributed by atoms with Crippen LogP contribution in [0.1, 0.15) is 6.42 Å². The van der Waals surface area contributed by atoms with Crippen LogP contribution in [0.5, 0.6) is 0 Å². The van der Waals surface area contributed by atoms with Gasteiger partial charge in [0.05, 0.1) is 24.1 Å². The fourth-order valence-electron chi connectivity index (χ4n) is 1.34. The highest BCUT2D eigenvalue weighted by Gasteiger charge is 2.12. The van der Waals surface area contributed by atoms with Crippen molar-refractivity contribution in [2.24, 2.45) is 0 Å². The largest absolute Gasteiger partial charge is 0.350 e. The van der Waals surface area contributed by atoms with E-state index in [4.69, 9.17) is 16.9 Å². The summed E-state index contributed by atoms with van der Waals surface area (Å²) in [6, 6.07) is 5.49. The molecule has 1 aromatic rings. The van der Waals surface area contributed by atoms with E-state index in [2.05, 4.69) is 4.98 Å². The van der Waals surface area contributed by atoms with E-state index in [1.54, 1.807) is 31.1 Å². The van der Waals surface area contributed by atoms with Crippen molar-refractivity contribution in [3.8, 4) is 6.07 Å². The van der Waals surface area contributed by atoms with Crippen LogP contribution in [0, 0.1) is 11.3 Å². The second-order valence-corrected chi connectivity index (χ2v) is 4.35. The first kappa shape index (κ1) is 14.3. The second-order valence-electron chi connectivity index (χ2n) is 3.91. The van der Waals surface area contributed by atoms with Gasteiger partial charge in [0.1, 0.15) is 5.82 Å². The number of carbonyl (C=O) groups is 1. The molecular weight excluding hydrogens is 252 g/mol. The van der Waals surface area contributed by atoms with E-state index in [0.717, 1.165) is 0 Å². The molecule has 0 aliphatic rings. The van der Waals surface area contributed by atoms with Gasteiger partial charge in [0.25, 0.3) is 0 Å². The van der Waals surface area contributed by atoms with Gasteiger partial charge in [0.2, 0.25) is 5.91 Å². The van der Waals surface area contributed by atoms with Crippen LogP contribution in [0.3, 0.4) is 0 Å². The van der Waals surface area contributed by atoms with E-state index in [-0.39, 0.29) is 12.5 Å². The minimum absolute atomic E-state index is 0.0514. The van der Waals surface area contributed by atoms with Gasteiger partial charge in [0.15, 0.2) is 0 Å². The number of aromatic nitrogens is 1. The van der Waals surface area contributed by atoms with E-state index in [9.17, 15) is 4.79 Å². The summed E-state index contributed by atoms with van der Waals surface area (Å²) in [6.07, 6.45) is 1.88. The Balaban J connectivity index is 2.54. The SMILES string of the molecule is CN(CCC#N)C(=O)CN(C)c1ccc(Cl)cn1. The number of hydrogen-bond acceptors (Lipinski definition) is 4. The van der Waals surface area contributed by atoms with Gasteiger partial charge in [-0.2, -0.15) is 5.26 Å². The summed E-state index contributed by atoms with van der Waals surface area (Å²) in [6.45, 7) is 0.660. The Morgan fingerprint density at radius 2 is 2.22 bits per heavy atom. The van der Waals surface area contributed by atoms with Crippen LogP contribution in [0.4, 0.5) is 5.82 Å². The minimum Gasteiger partial charge on any atom is -0.350 e. The van der Waals surface area contributed by atoms with Crippen LogP contribution in [0.2, 0.25) is 5.02 Å². The zero-order valence-electron chi connectivity index (χ0n) is 10.4. The van der Waals surface area contributed by atoms with Gasteiger partial charge in [-0.15, -0.1) is 0 Å². The van der Waals surface area contributed by atoms with Crippen molar-refractivity contribution in [1.29, 1.82) is 5.26 Å². The van der Waals surface area contributed by atoms with Crippen molar-refractivity contribution in [3.05, 3.63) is 23.4 Å². The Kier molecular flexibility index (Phi) is 5.40. The Bertz CT molecular complexity index is 440. The quantitative estimate of drug-likeness (QED) is 0.811. The molecule has 0 fully saturated rings. The first-order chi connectivity index (χ1) is 8.54. The van der Waals surface area contributed by atoms with Crippen molar-refractivity contribution < 1.29 is 4.79 Å². The van der Waals surface area contributed by atoms with E-state index < -0.39 is 0 Å². The number of anilines is 1. The molecular formula is C12H15ClN4O. The van der Waals surface area contributed by atoms with Crippen molar-refractivity contribution >= 4 is 23.3 Å². The van der Waals surface area contributed by atoms with E-state index in [1.807, 2.05) is 6.07 Å². The molecule has 0 unspecified atom stereocenters. The molecule has 0 saturated carbocycles. The monoisotopic (exact) mass is 266 g/mol. The van der Waals surface area contributed by atoms with Crippen LogP contribution >= 0.6 is 11.6 Å². The zero-order chi connectivity index (χ0) is 13.5. The number of rotatable bonds is 5. The van der Waals surface area contributed by atoms with Gasteiger partial charge >= 0.3 is 0 Å². The van der Waals surface area contributed by atoms with E-state index >= 15 is 0 Å². The lowest BCUT2D eigenvalue weighted by atomic mass is 10.4. The Morgan fingerprint density at radius 1 is 1.50 bits per heavy atom. The van der Waals surface area contributed by atoms with Crippen molar-refractivity contribution in [3.63, 3.8) is 0 Å². The summed E-state index contributed by atoms with van der Waals surface area (Å²) in [5, 5.41) is 9.02. The number of nitrogens with zero attached hydrogens (tertiary/aromatic N) is 4. The molecule has 1 heterocycles. The highest BCUT2D eigenvalue weighted by atomic mass is 35.5. The molecule has 18 heavy (non-hydrogen) atoms. The van der Waals surface area contributed by atoms with Gasteiger partial charge in [-0.3, -0.25) is 4.79 Å². The van der Waals surface area contributed by atoms with Gasteiger partial charge in [-0.25, -0.2) is 4.98 Å². The molecule has 1 aromatic heterocycles. The maximum Gasteiger partial charge on any atom is 0.241 e. The highest BCUT2D eigenvalue weighted by Crippen LogP contribution is 2.12. The molecule has 0 spiro atoms. The molecule has 0 bridgehead atoms. The lowest BCUT2D eigenvalue weighted by Gasteiger charge is -2.21. The van der Waals surface area contributed by atoms with Gasteiger partial charge in [-0.05, 0) is 12.1 Å². The number of amides is 1. The molecule has 0 N–H and O–H groups in total. The summed E-state index contributed by atoms with van der Waals surface area (Å²) < 4.78 is 0. The normalized spacial score (nSPS) is 9.67. The van der Waals surface area contributed by atoms with Crippen LogP contribution in [-0.2, 0) is 4.79 Å². The fraction of sp³-hybridized carbons (Fsp3) is 0.417. The average Bonchev–Trinajstić information content (AvgIpc) is 2.36. The molecule has 0 radical (unpaired) electrons. The highest BCUT2D eigenvalue weighted by molar-refractivity contribution is 6.30. The number of hydrogen-bond donors (Lipinski definition) is 0. The Hall–Kier alpha value is -1.80. The molecule has 0 atom stereocenters. The van der Waals surface area contributed by atoms with Crippen LogP contribution in [-0.4, -0.2) is 43.0 Å². The summed E-state index contributed by atoms with van der Waals surface area (Å²) in [5.74, 6) is 0.630. The van der Waals surface area contributed by atoms with E-state index in [1.165, 1.54) is 11.1 Å². The number of likely N-dealkylation sites (N-methyl/N-ethyl adjacent to an activating group) is 2. The third-order valence-corrected chi connectivity index (χ3v) is 2.68. The number of halogens is 1. The van der Waals surface area contributed by atoms with Crippen molar-refractivity contribution in [1.82, 2.24) is 9.88 Å². The third kappa shape index (κ3) is 4.22. The Morgan fingerprint density at radius 3 is 2.78 bits per heavy atom. The number of carbonyl (C=O) groups excluding carboxylic acids is 1. The van der Waals surface area contributed by atoms with Crippen molar-refractivity contribution in [2.75, 3.05) is 32.1 Å². The van der Waals surface area contributed by atoms with E-state index in [0.29, 0.717) is 23.8 Å². The Labute approximate surface area is 112 Å². The standard InChI is InChI=1S/C12H15ClN4O/c1-16(7-3-6-14)12(18)9-17(2)11-5-4-10(13)8-15-11/h4-5,8H,3,7,9H2,1-2H3. The lowest BCUT2D eigenvalue weighted by molar-refractivity contribution is -0.128. The molecule has 5 nitrogen and oxygen atoms in total. The molecule has 96 valence electrons. The zero-order valence-corrected chi connectivity index (χ0v) is 11.2. The average molecular weight is 267 g/mol. The van der Waals surface area contributed by atoms with Crippen LogP contribution in [0.15, 0.2) is 18.3 Å². The summed E-state index contributed by atoms with van der Waals surface area (Å²) in [5.41, 5.74) is 0. The number of pyridine rings is 1. The molecule has 6 heteroatoms. The summed E-state index contributed by atoms with van der Waals surface area (Å²) in [4.78, 5) is 19.2. The number of nitriles is 1. The van der Waals surface area contributed by atoms with Gasteiger partial charge in [-0.1, -0.05) is 11.6 Å². The fourth-order valence-corrected chi connectivity index (χ4v) is 1.45. The summed E-state index contributed by atoms with van der Waals surface area (Å²) in [7, 11) is 3.47. The van der Waals surface area contributed by atoms with Crippen molar-refractivity contribution in [2.45, 2.75) is 6.42 Å². The molecule has 0 aliphatic heterocycles. The summed E-state index contributed by atoms with van der Waals surface area (Å²) >= 11 is 5.74.